The summed E-state index contributed by atoms with van der Waals surface area (Å²) < 4.78 is 78.0. The van der Waals surface area contributed by atoms with Crippen LogP contribution in [0.25, 0.3) is 65.4 Å². The van der Waals surface area contributed by atoms with Crippen molar-refractivity contribution in [3.8, 4) is 0 Å². The molecule has 17 heteroatoms. The number of rotatable bonds is 0. The van der Waals surface area contributed by atoms with E-state index in [1.54, 1.807) is 37.2 Å². The molecular weight excluding hydrogens is 746 g/mol. The average Bonchev–Trinajstić information content (AvgIpc) is 3.14. The summed E-state index contributed by atoms with van der Waals surface area (Å²) in [5, 5.41) is 6.83. The summed E-state index contributed by atoms with van der Waals surface area (Å²) in [6.07, 6.45) is 10.8. The first-order valence-corrected chi connectivity index (χ1v) is 15.4. The zero-order valence-corrected chi connectivity index (χ0v) is 28.2. The van der Waals surface area contributed by atoms with E-state index in [4.69, 9.17) is 0 Å². The molecule has 0 bridgehead atoms. The summed E-state index contributed by atoms with van der Waals surface area (Å²) in [5.74, 6) is 0. The molecule has 0 amide bonds. The van der Waals surface area contributed by atoms with E-state index in [9.17, 15) is 34.5 Å². The molecule has 6 heterocycles. The van der Waals surface area contributed by atoms with E-state index >= 15 is 0 Å². The van der Waals surface area contributed by atoms with Crippen molar-refractivity contribution < 1.29 is 51.6 Å². The van der Waals surface area contributed by atoms with Crippen molar-refractivity contribution >= 4 is 79.9 Å². The van der Waals surface area contributed by atoms with Crippen molar-refractivity contribution in [1.29, 1.82) is 0 Å². The molecule has 0 saturated heterocycles. The first-order chi connectivity index (χ1) is 24.8. The largest absolute Gasteiger partial charge is 2.00 e. The maximum Gasteiger partial charge on any atom is 2.00 e. The van der Waals surface area contributed by atoms with Crippen LogP contribution in [-0.2, 0) is 17.1 Å². The Balaban J connectivity index is 0.000000157. The molecule has 268 valence electrons. The van der Waals surface area contributed by atoms with Gasteiger partial charge in [0, 0.05) is 69.5 Å². The summed E-state index contributed by atoms with van der Waals surface area (Å²) >= 11 is 0. The van der Waals surface area contributed by atoms with E-state index in [0.29, 0.717) is 0 Å². The second kappa shape index (κ2) is 18.1. The summed E-state index contributed by atoms with van der Waals surface area (Å²) in [4.78, 5) is 26.1. The minimum absolute atomic E-state index is 0. The fourth-order valence-corrected chi connectivity index (χ4v) is 5.04. The molecule has 6 nitrogen and oxygen atoms in total. The fraction of sp³-hybridized carbons (Fsp3) is 0. The molecule has 9 rings (SSSR count). The van der Waals surface area contributed by atoms with Crippen molar-refractivity contribution in [3.05, 3.63) is 146 Å². The second-order valence-electron chi connectivity index (χ2n) is 10.6. The Morgan fingerprint density at radius 3 is 0.528 bits per heavy atom. The molecule has 0 N–H and O–H groups in total. The fourth-order valence-electron chi connectivity index (χ4n) is 5.04. The van der Waals surface area contributed by atoms with E-state index in [-0.39, 0.29) is 17.1 Å². The predicted octanol–water partition coefficient (Wildman–Crippen LogP) is 10.9. The van der Waals surface area contributed by atoms with Gasteiger partial charge in [0.25, 0.3) is 0 Å². The van der Waals surface area contributed by atoms with Crippen LogP contribution >= 0.6 is 0 Å². The molecule has 0 saturated carbocycles. The zero-order valence-electron chi connectivity index (χ0n) is 27.1. The first-order valence-electron chi connectivity index (χ1n) is 15.4. The van der Waals surface area contributed by atoms with Gasteiger partial charge in [0.15, 0.2) is 0 Å². The number of halogens is 8. The van der Waals surface area contributed by atoms with Gasteiger partial charge >= 0.3 is 31.6 Å². The topological polar surface area (TPSA) is 77.3 Å². The quantitative estimate of drug-likeness (QED) is 0.0868. The van der Waals surface area contributed by atoms with Gasteiger partial charge in [0.1, 0.15) is 0 Å². The van der Waals surface area contributed by atoms with E-state index in [2.05, 4.69) is 103 Å². The third-order valence-corrected chi connectivity index (χ3v) is 7.03. The Morgan fingerprint density at radius 2 is 0.396 bits per heavy atom. The summed E-state index contributed by atoms with van der Waals surface area (Å²) in [6, 6.07) is 36.4. The molecule has 0 aliphatic carbocycles. The Labute approximate surface area is 307 Å². The average molecular weight is 770 g/mol. The molecule has 3 aromatic carbocycles. The first kappa shape index (κ1) is 40.0. The summed E-state index contributed by atoms with van der Waals surface area (Å²) in [7, 11) is -12.0. The third kappa shape index (κ3) is 11.9. The Hall–Kier alpha value is -5.79. The minimum atomic E-state index is -6.00. The van der Waals surface area contributed by atoms with Gasteiger partial charge in [-0.1, -0.05) is 72.8 Å². The van der Waals surface area contributed by atoms with Crippen LogP contribution in [0.4, 0.5) is 34.5 Å². The molecule has 0 fully saturated rings. The van der Waals surface area contributed by atoms with Gasteiger partial charge in [-0.2, -0.15) is 0 Å². The number of fused-ring (bicyclic) bond motifs is 9. The smallest absolute Gasteiger partial charge is 0.418 e. The zero-order chi connectivity index (χ0) is 37.1. The number of nitrogens with zero attached hydrogens (tertiary/aromatic N) is 6. The molecule has 53 heavy (non-hydrogen) atoms. The van der Waals surface area contributed by atoms with Gasteiger partial charge in [-0.15, -0.1) is 0 Å². The molecule has 0 aliphatic rings. The van der Waals surface area contributed by atoms with Crippen molar-refractivity contribution in [2.75, 3.05) is 0 Å². The Bertz CT molecular complexity index is 2130. The van der Waals surface area contributed by atoms with E-state index in [1.165, 1.54) is 0 Å². The van der Waals surface area contributed by atoms with Crippen LogP contribution in [0.5, 0.6) is 0 Å². The Morgan fingerprint density at radius 1 is 0.264 bits per heavy atom. The van der Waals surface area contributed by atoms with Gasteiger partial charge < -0.3 is 34.5 Å². The van der Waals surface area contributed by atoms with E-state index < -0.39 is 14.5 Å². The Kier molecular flexibility index (Phi) is 13.7. The monoisotopic (exact) mass is 770 g/mol. The normalized spacial score (nSPS) is 10.9. The van der Waals surface area contributed by atoms with Gasteiger partial charge in [0.2, 0.25) is 0 Å². The van der Waals surface area contributed by atoms with Crippen molar-refractivity contribution in [1.82, 2.24) is 29.9 Å². The number of pyridine rings is 6. The van der Waals surface area contributed by atoms with Crippen LogP contribution < -0.4 is 0 Å². The van der Waals surface area contributed by atoms with Crippen LogP contribution in [0.15, 0.2) is 146 Å². The predicted molar refractivity (Wildman–Crippen MR) is 192 cm³/mol. The standard InChI is InChI=1S/3C12H8N2.2BF4.Fe/c3*1-3-9-5-6-10-4-2-8-14-12(10)11(9)13-7-1;2*2-1(3,4)5;/h3*1-8H;;;/q;;;2*-1;+2. The minimum Gasteiger partial charge on any atom is -0.418 e. The summed E-state index contributed by atoms with van der Waals surface area (Å²) in [6.45, 7) is 0. The molecule has 6 aromatic heterocycles. The third-order valence-electron chi connectivity index (χ3n) is 7.03. The molecule has 0 aliphatic heterocycles. The van der Waals surface area contributed by atoms with Gasteiger partial charge in [-0.05, 0) is 36.4 Å². The number of benzene rings is 3. The summed E-state index contributed by atoms with van der Waals surface area (Å²) in [5.41, 5.74) is 5.86. The van der Waals surface area contributed by atoms with Gasteiger partial charge in [0.05, 0.1) is 33.1 Å². The molecule has 0 spiro atoms. The van der Waals surface area contributed by atoms with E-state index in [1.807, 2.05) is 36.4 Å². The van der Waals surface area contributed by atoms with E-state index in [0.717, 1.165) is 65.4 Å². The van der Waals surface area contributed by atoms with Crippen LogP contribution in [0.1, 0.15) is 0 Å². The molecular formula is C36H24B2F8FeN6. The van der Waals surface area contributed by atoms with Crippen LogP contribution in [0.2, 0.25) is 0 Å². The van der Waals surface area contributed by atoms with Gasteiger partial charge in [-0.25, -0.2) is 0 Å². The molecule has 9 aromatic rings. The maximum absolute atomic E-state index is 9.75. The van der Waals surface area contributed by atoms with Gasteiger partial charge in [-0.3, -0.25) is 29.9 Å². The van der Waals surface area contributed by atoms with Crippen molar-refractivity contribution in [2.24, 2.45) is 0 Å². The number of hydrogen-bond acceptors (Lipinski definition) is 6. The molecule has 0 unspecified atom stereocenters. The van der Waals surface area contributed by atoms with Crippen molar-refractivity contribution in [2.45, 2.75) is 0 Å². The number of aromatic nitrogens is 6. The van der Waals surface area contributed by atoms with Crippen LogP contribution in [-0.4, -0.2) is 44.4 Å². The molecule has 0 atom stereocenters. The van der Waals surface area contributed by atoms with Crippen molar-refractivity contribution in [3.63, 3.8) is 0 Å². The SMILES string of the molecule is F[B-](F)(F)F.F[B-](F)(F)F.[Fe+2].c1cnc2c(c1)ccc1cccnc12.c1cnc2c(c1)ccc1cccnc12.c1cnc2c(c1)ccc1cccnc12. The molecule has 0 radical (unpaired) electrons. The van der Waals surface area contributed by atoms with Crippen LogP contribution in [0.3, 0.4) is 0 Å². The van der Waals surface area contributed by atoms with Crippen LogP contribution in [0, 0.1) is 0 Å². The second-order valence-corrected chi connectivity index (χ2v) is 10.6. The number of hydrogen-bond donors (Lipinski definition) is 0. The maximum atomic E-state index is 9.75.